The van der Waals surface area contributed by atoms with Crippen molar-refractivity contribution in [2.24, 2.45) is 0 Å². The molecule has 26 heavy (non-hydrogen) atoms. The van der Waals surface area contributed by atoms with E-state index in [2.05, 4.69) is 0 Å². The van der Waals surface area contributed by atoms with Gasteiger partial charge in [-0.15, -0.1) is 0 Å². The highest BCUT2D eigenvalue weighted by atomic mass is 35.5. The van der Waals surface area contributed by atoms with E-state index in [1.807, 2.05) is 19.1 Å². The largest absolute Gasteiger partial charge is 0.335 e. The topological polar surface area (TPSA) is 66.9 Å². The van der Waals surface area contributed by atoms with Crippen LogP contribution in [0, 0.1) is 0 Å². The predicted octanol–water partition coefficient (Wildman–Crippen LogP) is 3.36. The van der Waals surface area contributed by atoms with Gasteiger partial charge in [-0.2, -0.15) is 0 Å². The van der Waals surface area contributed by atoms with Gasteiger partial charge >= 0.3 is 0 Å². The lowest BCUT2D eigenvalue weighted by Crippen LogP contribution is -2.30. The Kier molecular flexibility index (Phi) is 6.41. The first kappa shape index (κ1) is 20.4. The molecule has 2 aromatic carbocycles. The van der Waals surface area contributed by atoms with Crippen molar-refractivity contribution in [2.45, 2.75) is 17.9 Å². The third kappa shape index (κ3) is 4.24. The first-order valence-electron chi connectivity index (χ1n) is 7.84. The Morgan fingerprint density at radius 2 is 1.58 bits per heavy atom. The molecule has 1 atom stereocenters. The number of carbonyl (C=O) groups excluding carboxylic acids is 1. The fraction of sp³-hybridized carbons (Fsp3) is 0.278. The molecule has 0 aliphatic rings. The van der Waals surface area contributed by atoms with Crippen LogP contribution in [0.15, 0.2) is 53.4 Å². The van der Waals surface area contributed by atoms with E-state index in [0.717, 1.165) is 10.0 Å². The number of hydroxylamine groups is 1. The van der Waals surface area contributed by atoms with Crippen LogP contribution in [-0.4, -0.2) is 44.9 Å². The SMILES string of the molecule is CON(C)S(=O)(=O)c1ccc(C(=O)N(C)C(C)c2ccc(Cl)cc2)cc1. The van der Waals surface area contributed by atoms with Crippen molar-refractivity contribution in [3.8, 4) is 0 Å². The van der Waals surface area contributed by atoms with E-state index in [9.17, 15) is 13.2 Å². The number of benzene rings is 2. The number of carbonyl (C=O) groups is 1. The van der Waals surface area contributed by atoms with Crippen LogP contribution in [0.2, 0.25) is 5.02 Å². The minimum Gasteiger partial charge on any atom is -0.335 e. The number of hydrogen-bond donors (Lipinski definition) is 0. The summed E-state index contributed by atoms with van der Waals surface area (Å²) >= 11 is 5.90. The molecule has 8 heteroatoms. The Morgan fingerprint density at radius 3 is 2.08 bits per heavy atom. The molecular weight excluding hydrogens is 376 g/mol. The molecule has 0 heterocycles. The summed E-state index contributed by atoms with van der Waals surface area (Å²) in [5.74, 6) is -0.212. The van der Waals surface area contributed by atoms with E-state index in [4.69, 9.17) is 16.4 Å². The Bertz CT molecular complexity index is 867. The highest BCUT2D eigenvalue weighted by molar-refractivity contribution is 7.89. The van der Waals surface area contributed by atoms with Crippen LogP contribution in [0.4, 0.5) is 0 Å². The Hall–Kier alpha value is -1.93. The molecule has 1 amide bonds. The van der Waals surface area contributed by atoms with Crippen molar-refractivity contribution in [3.05, 3.63) is 64.7 Å². The summed E-state index contributed by atoms with van der Waals surface area (Å²) in [6.45, 7) is 1.91. The molecular formula is C18H21ClN2O4S. The van der Waals surface area contributed by atoms with Gasteiger partial charge in [-0.3, -0.25) is 9.63 Å². The van der Waals surface area contributed by atoms with Crippen LogP contribution in [0.1, 0.15) is 28.9 Å². The maximum Gasteiger partial charge on any atom is 0.264 e. The summed E-state index contributed by atoms with van der Waals surface area (Å²) in [5.41, 5.74) is 1.35. The van der Waals surface area contributed by atoms with Crippen LogP contribution in [-0.2, 0) is 14.9 Å². The first-order valence-corrected chi connectivity index (χ1v) is 9.66. The third-order valence-electron chi connectivity index (χ3n) is 4.25. The monoisotopic (exact) mass is 396 g/mol. The molecule has 1 unspecified atom stereocenters. The van der Waals surface area contributed by atoms with Crippen LogP contribution in [0.3, 0.4) is 0 Å². The van der Waals surface area contributed by atoms with Gasteiger partial charge in [-0.05, 0) is 48.9 Å². The van der Waals surface area contributed by atoms with E-state index in [0.29, 0.717) is 10.6 Å². The lowest BCUT2D eigenvalue weighted by atomic mass is 10.1. The number of hydrogen-bond acceptors (Lipinski definition) is 4. The summed E-state index contributed by atoms with van der Waals surface area (Å²) in [6, 6.07) is 12.9. The molecule has 140 valence electrons. The van der Waals surface area contributed by atoms with Gasteiger partial charge in [0.2, 0.25) is 0 Å². The van der Waals surface area contributed by atoms with Gasteiger partial charge in [0.15, 0.2) is 0 Å². The van der Waals surface area contributed by atoms with Gasteiger partial charge in [0.1, 0.15) is 0 Å². The zero-order valence-corrected chi connectivity index (χ0v) is 16.6. The zero-order chi connectivity index (χ0) is 19.5. The van der Waals surface area contributed by atoms with Crippen LogP contribution < -0.4 is 0 Å². The third-order valence-corrected chi connectivity index (χ3v) is 6.19. The molecule has 0 bridgehead atoms. The number of sulfonamides is 1. The van der Waals surface area contributed by atoms with Crippen LogP contribution in [0.25, 0.3) is 0 Å². The minimum atomic E-state index is -3.74. The molecule has 0 radical (unpaired) electrons. The molecule has 0 aliphatic heterocycles. The van der Waals surface area contributed by atoms with Gasteiger partial charge in [0, 0.05) is 24.7 Å². The first-order chi connectivity index (χ1) is 12.2. The van der Waals surface area contributed by atoms with Gasteiger partial charge in [-0.25, -0.2) is 8.42 Å². The van der Waals surface area contributed by atoms with Crippen LogP contribution in [0.5, 0.6) is 0 Å². The Morgan fingerprint density at radius 1 is 1.04 bits per heavy atom. The van der Waals surface area contributed by atoms with Gasteiger partial charge < -0.3 is 4.90 Å². The number of nitrogens with zero attached hydrogens (tertiary/aromatic N) is 2. The maximum atomic E-state index is 12.7. The van der Waals surface area contributed by atoms with Crippen molar-refractivity contribution >= 4 is 27.5 Å². The molecule has 0 aromatic heterocycles. The summed E-state index contributed by atoms with van der Waals surface area (Å²) in [6.07, 6.45) is 0. The standard InChI is InChI=1S/C18H21ClN2O4S/c1-13(14-5-9-16(19)10-6-14)20(2)18(22)15-7-11-17(12-8-15)26(23,24)21(3)25-4/h5-13H,1-4H3. The van der Waals surface area contributed by atoms with Gasteiger partial charge in [-0.1, -0.05) is 28.2 Å². The lowest BCUT2D eigenvalue weighted by molar-refractivity contribution is -0.0258. The Balaban J connectivity index is 2.20. The summed E-state index contributed by atoms with van der Waals surface area (Å²) < 4.78 is 25.1. The van der Waals surface area contributed by atoms with E-state index in [1.54, 1.807) is 24.1 Å². The number of rotatable bonds is 6. The number of amides is 1. The van der Waals surface area contributed by atoms with E-state index in [1.165, 1.54) is 38.4 Å². The second-order valence-electron chi connectivity index (χ2n) is 5.77. The maximum absolute atomic E-state index is 12.7. The van der Waals surface area contributed by atoms with Crippen molar-refractivity contribution in [1.82, 2.24) is 9.37 Å². The van der Waals surface area contributed by atoms with Crippen molar-refractivity contribution in [1.29, 1.82) is 0 Å². The molecule has 0 saturated heterocycles. The highest BCUT2D eigenvalue weighted by Gasteiger charge is 2.23. The smallest absolute Gasteiger partial charge is 0.264 e. The minimum absolute atomic E-state index is 0.0480. The second kappa shape index (κ2) is 8.18. The van der Waals surface area contributed by atoms with Crippen molar-refractivity contribution in [2.75, 3.05) is 21.2 Å². The predicted molar refractivity (Wildman–Crippen MR) is 100 cm³/mol. The van der Waals surface area contributed by atoms with Crippen LogP contribution >= 0.6 is 11.6 Å². The molecule has 0 aliphatic carbocycles. The van der Waals surface area contributed by atoms with Crippen molar-refractivity contribution in [3.63, 3.8) is 0 Å². The lowest BCUT2D eigenvalue weighted by Gasteiger charge is -2.25. The van der Waals surface area contributed by atoms with E-state index >= 15 is 0 Å². The number of halogens is 1. The normalized spacial score (nSPS) is 12.8. The molecule has 0 saturated carbocycles. The molecule has 0 N–H and O–H groups in total. The molecule has 2 rings (SSSR count). The molecule has 2 aromatic rings. The molecule has 0 spiro atoms. The fourth-order valence-corrected chi connectivity index (χ4v) is 3.46. The molecule has 0 fully saturated rings. The zero-order valence-electron chi connectivity index (χ0n) is 15.0. The van der Waals surface area contributed by atoms with Gasteiger partial charge in [0.25, 0.3) is 15.9 Å². The quantitative estimate of drug-likeness (QED) is 0.702. The van der Waals surface area contributed by atoms with Gasteiger partial charge in [0.05, 0.1) is 18.0 Å². The molecule has 6 nitrogen and oxygen atoms in total. The highest BCUT2D eigenvalue weighted by Crippen LogP contribution is 2.23. The Labute approximate surface area is 158 Å². The average molecular weight is 397 g/mol. The summed E-state index contributed by atoms with van der Waals surface area (Å²) in [5, 5.41) is 0.632. The fourth-order valence-electron chi connectivity index (χ4n) is 2.36. The summed E-state index contributed by atoms with van der Waals surface area (Å²) in [7, 11) is 0.526. The van der Waals surface area contributed by atoms with E-state index < -0.39 is 10.0 Å². The van der Waals surface area contributed by atoms with Crippen molar-refractivity contribution < 1.29 is 18.0 Å². The van der Waals surface area contributed by atoms with E-state index in [-0.39, 0.29) is 16.8 Å². The summed E-state index contributed by atoms with van der Waals surface area (Å²) in [4.78, 5) is 19.1. The average Bonchev–Trinajstić information content (AvgIpc) is 2.66. The second-order valence-corrected chi connectivity index (χ2v) is 8.14.